The predicted molar refractivity (Wildman–Crippen MR) is 213 cm³/mol. The monoisotopic (exact) mass is 797 g/mol. The molecule has 3 saturated carbocycles. The van der Waals surface area contributed by atoms with E-state index in [1.54, 1.807) is 0 Å². The molecular formula is C43H51N5O8S. The van der Waals surface area contributed by atoms with Crippen molar-refractivity contribution in [1.82, 2.24) is 20.3 Å². The Bertz CT molecular complexity index is 2050. The molecule has 2 aliphatic heterocycles. The molecule has 3 unspecified atom stereocenters. The number of nitrogens with one attached hydrogen (secondary N) is 3. The molecule has 8 rings (SSSR count). The van der Waals surface area contributed by atoms with Crippen LogP contribution >= 0.6 is 0 Å². The molecule has 0 spiro atoms. The number of ether oxygens (including phenoxy) is 1. The van der Waals surface area contributed by atoms with Gasteiger partial charge in [0.1, 0.15) is 29.4 Å². The molecule has 14 heteroatoms. The first-order valence-corrected chi connectivity index (χ1v) is 22.0. The highest BCUT2D eigenvalue weighted by atomic mass is 32.2. The number of sulfonamides is 1. The Kier molecular flexibility index (Phi) is 11.0. The fourth-order valence-electron chi connectivity index (χ4n) is 8.97. The van der Waals surface area contributed by atoms with Crippen LogP contribution in [0.25, 0.3) is 11.1 Å². The van der Waals surface area contributed by atoms with Crippen LogP contribution in [0.1, 0.15) is 101 Å². The average Bonchev–Trinajstić information content (AvgIpc) is 4.06. The van der Waals surface area contributed by atoms with Crippen molar-refractivity contribution in [2.75, 3.05) is 0 Å². The normalized spacial score (nSPS) is 29.1. The molecule has 0 bridgehead atoms. The largest absolute Gasteiger partial charge is 0.446 e. The third kappa shape index (κ3) is 7.97. The second-order valence-electron chi connectivity index (χ2n) is 16.3. The van der Waals surface area contributed by atoms with Crippen molar-refractivity contribution in [2.24, 2.45) is 11.1 Å². The summed E-state index contributed by atoms with van der Waals surface area (Å²) in [6, 6.07) is 13.1. The molecule has 13 nitrogen and oxygen atoms in total. The summed E-state index contributed by atoms with van der Waals surface area (Å²) in [4.78, 5) is 64.5. The number of fused-ring (bicyclic) bond motifs is 4. The summed E-state index contributed by atoms with van der Waals surface area (Å²) in [6.45, 7) is 3.83. The second-order valence-corrected chi connectivity index (χ2v) is 18.2. The van der Waals surface area contributed by atoms with E-state index in [0.717, 1.165) is 67.2 Å². The van der Waals surface area contributed by atoms with Gasteiger partial charge in [-0.15, -0.1) is 6.58 Å². The van der Waals surface area contributed by atoms with Crippen LogP contribution in [0.2, 0.25) is 0 Å². The first-order valence-electron chi connectivity index (χ1n) is 20.5. The molecule has 4 aliphatic carbocycles. The van der Waals surface area contributed by atoms with Crippen molar-refractivity contribution in [3.8, 4) is 11.1 Å². The van der Waals surface area contributed by atoms with E-state index in [1.165, 1.54) is 11.0 Å². The molecule has 2 aromatic rings. The van der Waals surface area contributed by atoms with Gasteiger partial charge in [0, 0.05) is 23.5 Å². The van der Waals surface area contributed by atoms with Gasteiger partial charge < -0.3 is 25.1 Å². The maximum Gasteiger partial charge on any atom is 0.408 e. The maximum atomic E-state index is 15.0. The lowest BCUT2D eigenvalue weighted by molar-refractivity contribution is -0.143. The second kappa shape index (κ2) is 16.1. The third-order valence-corrected chi connectivity index (χ3v) is 14.2. The van der Waals surface area contributed by atoms with Gasteiger partial charge in [0.05, 0.1) is 11.3 Å². The molecule has 6 atom stereocenters. The lowest BCUT2D eigenvalue weighted by atomic mass is 10.0. The number of hydrogen-bond donors (Lipinski definition) is 3. The number of allylic oxidation sites excluding steroid dienone is 1. The lowest BCUT2D eigenvalue weighted by Crippen LogP contribution is -2.59. The van der Waals surface area contributed by atoms with Crippen molar-refractivity contribution < 1.29 is 37.2 Å². The smallest absolute Gasteiger partial charge is 0.408 e. The number of hydrogen-bond acceptors (Lipinski definition) is 9. The summed E-state index contributed by atoms with van der Waals surface area (Å²) in [6.07, 6.45) is 12.5. The summed E-state index contributed by atoms with van der Waals surface area (Å²) in [5.74, 6) is -2.43. The van der Waals surface area contributed by atoms with E-state index in [-0.39, 0.29) is 18.9 Å². The number of oxime groups is 1. The Labute approximate surface area is 333 Å². The highest BCUT2D eigenvalue weighted by molar-refractivity contribution is 7.91. The number of amides is 4. The highest BCUT2D eigenvalue weighted by Crippen LogP contribution is 2.46. The standard InChI is InChI=1S/C43H51N5O8S/c1-2-27-26-43(27,41(51)47-57(53,54)29-23-24-29)45-39(49)36-25-37(56-46-38-32-19-13-11-17-30(32)31-18-12-14-20-33(31)38)35-22-8-6-4-3-5-7-21-34(40(50)48(35)36)44-42(52)55-28-15-9-10-16-28/h2,6,8,11-14,17-20,27-29,34-37H,1,3-5,7,9-10,15-16,21-26H2,(H,44,52)(H,45,49)(H,47,51)/b8-6-/t27-,34?,35?,36+,37-,43?/m1/s1. The van der Waals surface area contributed by atoms with Crippen LogP contribution < -0.4 is 15.4 Å². The third-order valence-electron chi connectivity index (χ3n) is 12.4. The summed E-state index contributed by atoms with van der Waals surface area (Å²) >= 11 is 0. The van der Waals surface area contributed by atoms with Crippen LogP contribution in [-0.4, -0.2) is 84.0 Å². The quantitative estimate of drug-likeness (QED) is 0.181. The van der Waals surface area contributed by atoms with E-state index in [2.05, 4.69) is 28.0 Å². The van der Waals surface area contributed by atoms with Crippen LogP contribution in [0.4, 0.5) is 4.79 Å². The number of alkyl carbamates (subject to hydrolysis) is 1. The predicted octanol–water partition coefficient (Wildman–Crippen LogP) is 5.39. The Balaban J connectivity index is 1.12. The summed E-state index contributed by atoms with van der Waals surface area (Å²) in [5, 5.41) is 9.84. The van der Waals surface area contributed by atoms with Crippen molar-refractivity contribution >= 4 is 39.5 Å². The highest BCUT2D eigenvalue weighted by Gasteiger charge is 2.62. The van der Waals surface area contributed by atoms with Crippen molar-refractivity contribution in [3.63, 3.8) is 0 Å². The van der Waals surface area contributed by atoms with E-state index in [1.807, 2.05) is 54.6 Å². The summed E-state index contributed by atoms with van der Waals surface area (Å²) in [7, 11) is -3.91. The number of carbonyl (C=O) groups excluding carboxylic acids is 4. The van der Waals surface area contributed by atoms with Crippen LogP contribution in [0, 0.1) is 5.92 Å². The Morgan fingerprint density at radius 3 is 2.19 bits per heavy atom. The zero-order chi connectivity index (χ0) is 39.7. The molecule has 4 amide bonds. The Morgan fingerprint density at radius 2 is 1.54 bits per heavy atom. The van der Waals surface area contributed by atoms with Crippen LogP contribution in [0.3, 0.4) is 0 Å². The van der Waals surface area contributed by atoms with Crippen LogP contribution in [-0.2, 0) is 34.0 Å². The van der Waals surface area contributed by atoms with Crippen LogP contribution in [0.5, 0.6) is 0 Å². The van der Waals surface area contributed by atoms with Gasteiger partial charge in [-0.1, -0.05) is 84.8 Å². The number of nitrogens with zero attached hydrogens (tertiary/aromatic N) is 2. The van der Waals surface area contributed by atoms with E-state index in [4.69, 9.17) is 14.7 Å². The van der Waals surface area contributed by atoms with Gasteiger partial charge in [-0.3, -0.25) is 19.1 Å². The number of benzene rings is 2. The molecule has 2 aromatic carbocycles. The molecule has 4 fully saturated rings. The zero-order valence-corrected chi connectivity index (χ0v) is 32.9. The molecule has 2 heterocycles. The lowest BCUT2D eigenvalue weighted by Gasteiger charge is -2.34. The van der Waals surface area contributed by atoms with Crippen molar-refractivity contribution in [2.45, 2.75) is 131 Å². The van der Waals surface area contributed by atoms with Crippen LogP contribution in [0.15, 0.2) is 78.5 Å². The molecule has 0 radical (unpaired) electrons. The first-order chi connectivity index (χ1) is 27.6. The molecule has 0 aromatic heterocycles. The fourth-order valence-corrected chi connectivity index (χ4v) is 10.3. The van der Waals surface area contributed by atoms with Crippen molar-refractivity contribution in [1.29, 1.82) is 0 Å². The SMILES string of the molecule is C=C[C@@H]1CC1(NC(=O)[C@@H]1C[C@@H](ON=C2c3ccccc3-c3ccccc32)C2C/C=C\CCCCCC(NC(=O)OC3CCCC3)C(=O)N21)C(=O)NS(=O)(=O)C1CC1. The topological polar surface area (TPSA) is 173 Å². The number of rotatable bonds is 10. The Morgan fingerprint density at radius 1 is 0.877 bits per heavy atom. The first kappa shape index (κ1) is 38.9. The molecular weight excluding hydrogens is 747 g/mol. The van der Waals surface area contributed by atoms with E-state index in [9.17, 15) is 27.6 Å². The van der Waals surface area contributed by atoms with E-state index in [0.29, 0.717) is 37.8 Å². The maximum absolute atomic E-state index is 15.0. The molecule has 3 N–H and O–H groups in total. The minimum atomic E-state index is -3.91. The average molecular weight is 798 g/mol. The van der Waals surface area contributed by atoms with Gasteiger partial charge in [0.2, 0.25) is 21.8 Å². The van der Waals surface area contributed by atoms with Gasteiger partial charge in [-0.25, -0.2) is 13.2 Å². The zero-order valence-electron chi connectivity index (χ0n) is 32.1. The van der Waals surface area contributed by atoms with Gasteiger partial charge in [-0.2, -0.15) is 0 Å². The number of carbonyl (C=O) groups is 4. The van der Waals surface area contributed by atoms with Gasteiger partial charge in [0.25, 0.3) is 5.91 Å². The summed E-state index contributed by atoms with van der Waals surface area (Å²) < 4.78 is 33.6. The molecule has 1 saturated heterocycles. The minimum Gasteiger partial charge on any atom is -0.446 e. The Hall–Kier alpha value is -4.98. The van der Waals surface area contributed by atoms with E-state index >= 15 is 0 Å². The molecule has 6 aliphatic rings. The van der Waals surface area contributed by atoms with Crippen molar-refractivity contribution in [3.05, 3.63) is 84.5 Å². The van der Waals surface area contributed by atoms with Gasteiger partial charge in [-0.05, 0) is 81.8 Å². The minimum absolute atomic E-state index is 0.0340. The molecule has 57 heavy (non-hydrogen) atoms. The molecule has 302 valence electrons. The summed E-state index contributed by atoms with van der Waals surface area (Å²) in [5.41, 5.74) is 2.95. The van der Waals surface area contributed by atoms with Gasteiger partial charge in [0.15, 0.2) is 6.10 Å². The van der Waals surface area contributed by atoms with E-state index < -0.39 is 74.8 Å². The van der Waals surface area contributed by atoms with Gasteiger partial charge >= 0.3 is 6.09 Å². The fraction of sp³-hybridized carbons (Fsp3) is 0.512.